The van der Waals surface area contributed by atoms with Crippen LogP contribution in [0.25, 0.3) is 11.5 Å². The molecule has 0 aliphatic heterocycles. The summed E-state index contributed by atoms with van der Waals surface area (Å²) in [6.07, 6.45) is 1.33. The first-order valence-electron chi connectivity index (χ1n) is 3.67. The van der Waals surface area contributed by atoms with Crippen LogP contribution in [0, 0.1) is 11.3 Å². The summed E-state index contributed by atoms with van der Waals surface area (Å²) < 4.78 is 4.85. The maximum Gasteiger partial charge on any atom is 0.257 e. The van der Waals surface area contributed by atoms with E-state index < -0.39 is 0 Å². The average Bonchev–Trinajstić information content (AvgIpc) is 2.71. The van der Waals surface area contributed by atoms with Gasteiger partial charge < -0.3 is 4.52 Å². The minimum atomic E-state index is 0.428. The van der Waals surface area contributed by atoms with Crippen molar-refractivity contribution >= 4 is 0 Å². The first-order valence-corrected chi connectivity index (χ1v) is 3.67. The van der Waals surface area contributed by atoms with Gasteiger partial charge in [-0.25, -0.2) is 0 Å². The molecule has 13 heavy (non-hydrogen) atoms. The third-order valence-electron chi connectivity index (χ3n) is 1.60. The lowest BCUT2D eigenvalue weighted by molar-refractivity contribution is 0.430. The lowest BCUT2D eigenvalue weighted by atomic mass is 10.1. The summed E-state index contributed by atoms with van der Waals surface area (Å²) in [7, 11) is 0. The molecule has 62 valence electrons. The second kappa shape index (κ2) is 3.07. The normalized spacial score (nSPS) is 9.46. The van der Waals surface area contributed by atoms with Gasteiger partial charge in [0.15, 0.2) is 6.33 Å². The van der Waals surface area contributed by atoms with Gasteiger partial charge in [-0.15, -0.1) is 0 Å². The van der Waals surface area contributed by atoms with E-state index >= 15 is 0 Å². The Morgan fingerprint density at radius 2 is 2.31 bits per heavy atom. The third kappa shape index (κ3) is 1.40. The van der Waals surface area contributed by atoms with Crippen molar-refractivity contribution < 1.29 is 4.52 Å². The first-order chi connectivity index (χ1) is 6.40. The first kappa shape index (κ1) is 7.50. The number of nitriles is 1. The third-order valence-corrected chi connectivity index (χ3v) is 1.60. The van der Waals surface area contributed by atoms with E-state index in [1.807, 2.05) is 12.1 Å². The van der Waals surface area contributed by atoms with Gasteiger partial charge in [-0.1, -0.05) is 11.2 Å². The summed E-state index contributed by atoms with van der Waals surface area (Å²) >= 11 is 0. The van der Waals surface area contributed by atoms with Crippen molar-refractivity contribution in [2.45, 2.75) is 0 Å². The van der Waals surface area contributed by atoms with Crippen molar-refractivity contribution in [1.82, 2.24) is 10.1 Å². The van der Waals surface area contributed by atoms with Gasteiger partial charge in [0.1, 0.15) is 0 Å². The molecule has 0 spiro atoms. The molecule has 1 aromatic heterocycles. The Hall–Kier alpha value is -2.15. The van der Waals surface area contributed by atoms with Gasteiger partial charge in [0, 0.05) is 5.56 Å². The van der Waals surface area contributed by atoms with E-state index in [4.69, 9.17) is 9.78 Å². The zero-order chi connectivity index (χ0) is 9.10. The summed E-state index contributed by atoms with van der Waals surface area (Å²) in [5.41, 5.74) is 1.34. The molecule has 0 N–H and O–H groups in total. The Balaban J connectivity index is 2.49. The summed E-state index contributed by atoms with van der Waals surface area (Å²) in [4.78, 5) is 3.87. The summed E-state index contributed by atoms with van der Waals surface area (Å²) in [6, 6.07) is 9.05. The van der Waals surface area contributed by atoms with Gasteiger partial charge in [0.2, 0.25) is 0 Å². The van der Waals surface area contributed by atoms with Crippen LogP contribution < -0.4 is 0 Å². The number of aromatic nitrogens is 2. The number of hydrogen-bond donors (Lipinski definition) is 0. The second-order valence-corrected chi connectivity index (χ2v) is 2.44. The molecule has 0 amide bonds. The van der Waals surface area contributed by atoms with Crippen molar-refractivity contribution in [2.75, 3.05) is 0 Å². The van der Waals surface area contributed by atoms with Crippen molar-refractivity contribution in [3.63, 3.8) is 0 Å². The molecule has 2 rings (SSSR count). The lowest BCUT2D eigenvalue weighted by Crippen LogP contribution is -1.78. The van der Waals surface area contributed by atoms with Crippen LogP contribution in [0.1, 0.15) is 5.56 Å². The highest BCUT2D eigenvalue weighted by molar-refractivity contribution is 5.55. The molecule has 0 aliphatic carbocycles. The number of benzene rings is 1. The predicted octanol–water partition coefficient (Wildman–Crippen LogP) is 1.61. The van der Waals surface area contributed by atoms with Gasteiger partial charge >= 0.3 is 0 Å². The Morgan fingerprint density at radius 1 is 1.38 bits per heavy atom. The molecule has 1 aromatic carbocycles. The molecule has 0 atom stereocenters. The van der Waals surface area contributed by atoms with Crippen LogP contribution in [0.15, 0.2) is 35.1 Å². The minimum absolute atomic E-state index is 0.428. The van der Waals surface area contributed by atoms with Gasteiger partial charge in [0.25, 0.3) is 5.89 Å². The van der Waals surface area contributed by atoms with Crippen molar-refractivity contribution in [3.8, 4) is 17.5 Å². The number of rotatable bonds is 1. The minimum Gasteiger partial charge on any atom is -0.334 e. The van der Waals surface area contributed by atoms with Crippen LogP contribution in [-0.4, -0.2) is 10.1 Å². The molecule has 1 heterocycles. The fourth-order valence-electron chi connectivity index (χ4n) is 1.02. The molecule has 0 bridgehead atoms. The topological polar surface area (TPSA) is 62.7 Å². The van der Waals surface area contributed by atoms with Gasteiger partial charge in [-0.05, 0) is 18.2 Å². The van der Waals surface area contributed by atoms with E-state index in [2.05, 4.69) is 10.1 Å². The maximum absolute atomic E-state index is 8.64. The van der Waals surface area contributed by atoms with Crippen molar-refractivity contribution in [3.05, 3.63) is 36.2 Å². The van der Waals surface area contributed by atoms with Crippen LogP contribution in [-0.2, 0) is 0 Å². The van der Waals surface area contributed by atoms with Crippen molar-refractivity contribution in [1.29, 1.82) is 5.26 Å². The van der Waals surface area contributed by atoms with E-state index in [9.17, 15) is 0 Å². The van der Waals surface area contributed by atoms with Gasteiger partial charge in [-0.3, -0.25) is 0 Å². The number of hydrogen-bond acceptors (Lipinski definition) is 4. The summed E-state index contributed by atoms with van der Waals surface area (Å²) in [6.45, 7) is 0. The molecule has 0 radical (unpaired) electrons. The number of nitrogens with zero attached hydrogens (tertiary/aromatic N) is 3. The van der Waals surface area contributed by atoms with Gasteiger partial charge in [0.05, 0.1) is 11.6 Å². The molecule has 0 aliphatic rings. The van der Waals surface area contributed by atoms with Crippen LogP contribution in [0.4, 0.5) is 0 Å². The smallest absolute Gasteiger partial charge is 0.257 e. The molecule has 0 saturated heterocycles. The standard InChI is InChI=1S/C9H5N3O/c10-5-7-2-1-3-8(4-7)9-11-6-12-13-9/h1-4,6H. The van der Waals surface area contributed by atoms with Crippen LogP contribution in [0.5, 0.6) is 0 Å². The molecule has 0 fully saturated rings. The van der Waals surface area contributed by atoms with Crippen molar-refractivity contribution in [2.24, 2.45) is 0 Å². The Kier molecular flexibility index (Phi) is 1.77. The molecule has 2 aromatic rings. The quantitative estimate of drug-likeness (QED) is 0.653. The van der Waals surface area contributed by atoms with Crippen LogP contribution >= 0.6 is 0 Å². The highest BCUT2D eigenvalue weighted by Gasteiger charge is 2.03. The van der Waals surface area contributed by atoms with E-state index in [1.54, 1.807) is 18.2 Å². The largest absolute Gasteiger partial charge is 0.334 e. The maximum atomic E-state index is 8.64. The highest BCUT2D eigenvalue weighted by atomic mass is 16.5. The molecule has 0 saturated carbocycles. The van der Waals surface area contributed by atoms with Crippen LogP contribution in [0.2, 0.25) is 0 Å². The molecular weight excluding hydrogens is 166 g/mol. The van der Waals surface area contributed by atoms with E-state index in [1.165, 1.54) is 6.33 Å². The van der Waals surface area contributed by atoms with E-state index in [-0.39, 0.29) is 0 Å². The fourth-order valence-corrected chi connectivity index (χ4v) is 1.02. The second-order valence-electron chi connectivity index (χ2n) is 2.44. The summed E-state index contributed by atoms with van der Waals surface area (Å²) in [5, 5.41) is 12.1. The molecule has 4 heteroatoms. The van der Waals surface area contributed by atoms with Crippen LogP contribution in [0.3, 0.4) is 0 Å². The average molecular weight is 171 g/mol. The lowest BCUT2D eigenvalue weighted by Gasteiger charge is -1.92. The zero-order valence-electron chi connectivity index (χ0n) is 6.64. The molecule has 4 nitrogen and oxygen atoms in total. The fraction of sp³-hybridized carbons (Fsp3) is 0. The Labute approximate surface area is 74.4 Å². The summed E-state index contributed by atoms with van der Waals surface area (Å²) in [5.74, 6) is 0.428. The molecular formula is C9H5N3O. The van der Waals surface area contributed by atoms with E-state index in [0.717, 1.165) is 5.56 Å². The van der Waals surface area contributed by atoms with Gasteiger partial charge in [-0.2, -0.15) is 10.2 Å². The monoisotopic (exact) mass is 171 g/mol. The molecule has 0 unspecified atom stereocenters. The Bertz CT molecular complexity index is 442. The highest BCUT2D eigenvalue weighted by Crippen LogP contribution is 2.16. The SMILES string of the molecule is N#Cc1cccc(-c2ncno2)c1. The predicted molar refractivity (Wildman–Crippen MR) is 44.4 cm³/mol. The zero-order valence-corrected chi connectivity index (χ0v) is 6.64. The Morgan fingerprint density at radius 3 is 3.00 bits per heavy atom. The van der Waals surface area contributed by atoms with E-state index in [0.29, 0.717) is 11.5 Å².